The SMILES string of the molecule is O=C(c1ccccc1Cl)N1CCN(C(=NC2(C(=O)NCCC3CC3)CC2CO)c2ccccn2)CC1. The van der Waals surface area contributed by atoms with Gasteiger partial charge in [0.25, 0.3) is 5.91 Å². The number of aliphatic hydroxyl groups is 1. The Balaban J connectivity index is 1.34. The van der Waals surface area contributed by atoms with Crippen LogP contribution >= 0.6 is 11.6 Å². The van der Waals surface area contributed by atoms with Gasteiger partial charge in [0, 0.05) is 51.4 Å². The summed E-state index contributed by atoms with van der Waals surface area (Å²) in [4.78, 5) is 39.7. The maximum Gasteiger partial charge on any atom is 0.255 e. The fourth-order valence-electron chi connectivity index (χ4n) is 4.85. The lowest BCUT2D eigenvalue weighted by Gasteiger charge is -2.37. The highest BCUT2D eigenvalue weighted by Crippen LogP contribution is 2.47. The van der Waals surface area contributed by atoms with Gasteiger partial charge in [-0.05, 0) is 43.0 Å². The normalized spacial score (nSPS) is 23.9. The van der Waals surface area contributed by atoms with E-state index in [1.54, 1.807) is 23.2 Å². The summed E-state index contributed by atoms with van der Waals surface area (Å²) in [6.45, 7) is 2.65. The predicted octanol–water partition coefficient (Wildman–Crippen LogP) is 2.61. The zero-order valence-corrected chi connectivity index (χ0v) is 21.0. The van der Waals surface area contributed by atoms with Gasteiger partial charge in [0.1, 0.15) is 11.2 Å². The van der Waals surface area contributed by atoms with Gasteiger partial charge < -0.3 is 20.2 Å². The molecule has 1 aliphatic heterocycles. The fraction of sp³-hybridized carbons (Fsp3) is 0.481. The van der Waals surface area contributed by atoms with Crippen LogP contribution in [0.3, 0.4) is 0 Å². The number of benzene rings is 1. The summed E-state index contributed by atoms with van der Waals surface area (Å²) in [6, 6.07) is 12.7. The van der Waals surface area contributed by atoms with Crippen LogP contribution in [0.2, 0.25) is 5.02 Å². The molecule has 5 rings (SSSR count). The van der Waals surface area contributed by atoms with Gasteiger partial charge in [-0.1, -0.05) is 42.6 Å². The van der Waals surface area contributed by atoms with Gasteiger partial charge in [0.05, 0.1) is 10.6 Å². The molecule has 36 heavy (non-hydrogen) atoms. The first-order chi connectivity index (χ1) is 17.5. The van der Waals surface area contributed by atoms with Crippen molar-refractivity contribution in [2.75, 3.05) is 39.3 Å². The van der Waals surface area contributed by atoms with E-state index in [0.29, 0.717) is 61.3 Å². The minimum Gasteiger partial charge on any atom is -0.396 e. The zero-order chi connectivity index (χ0) is 25.1. The largest absolute Gasteiger partial charge is 0.396 e. The third-order valence-corrected chi connectivity index (χ3v) is 7.72. The minimum absolute atomic E-state index is 0.0881. The van der Waals surface area contributed by atoms with Gasteiger partial charge in [-0.3, -0.25) is 14.6 Å². The summed E-state index contributed by atoms with van der Waals surface area (Å²) in [5.41, 5.74) is 0.198. The van der Waals surface area contributed by atoms with Crippen molar-refractivity contribution in [3.05, 3.63) is 64.9 Å². The third kappa shape index (κ3) is 5.25. The molecule has 2 unspecified atom stereocenters. The van der Waals surface area contributed by atoms with Crippen LogP contribution in [0, 0.1) is 11.8 Å². The van der Waals surface area contributed by atoms with Crippen LogP contribution in [0.15, 0.2) is 53.7 Å². The molecule has 2 aromatic rings. The van der Waals surface area contributed by atoms with E-state index in [9.17, 15) is 14.7 Å². The summed E-state index contributed by atoms with van der Waals surface area (Å²) < 4.78 is 0. The number of aromatic nitrogens is 1. The molecule has 2 atom stereocenters. The number of hydrogen-bond acceptors (Lipinski definition) is 5. The lowest BCUT2D eigenvalue weighted by molar-refractivity contribution is -0.123. The highest BCUT2D eigenvalue weighted by molar-refractivity contribution is 6.33. The molecular weight excluding hydrogens is 478 g/mol. The molecule has 2 heterocycles. The number of nitrogens with one attached hydrogen (secondary N) is 1. The molecule has 2 aliphatic carbocycles. The number of rotatable bonds is 8. The number of carbonyl (C=O) groups is 2. The lowest BCUT2D eigenvalue weighted by atomic mass is 10.1. The maximum absolute atomic E-state index is 13.2. The lowest BCUT2D eigenvalue weighted by Crippen LogP contribution is -2.51. The molecule has 0 spiro atoms. The first kappa shape index (κ1) is 24.7. The van der Waals surface area contributed by atoms with E-state index in [1.807, 2.05) is 30.3 Å². The quantitative estimate of drug-likeness (QED) is 0.421. The molecule has 3 aliphatic rings. The van der Waals surface area contributed by atoms with Crippen molar-refractivity contribution >= 4 is 29.3 Å². The number of piperazine rings is 1. The average molecular weight is 510 g/mol. The highest BCUT2D eigenvalue weighted by atomic mass is 35.5. The third-order valence-electron chi connectivity index (χ3n) is 7.39. The topological polar surface area (TPSA) is 98.1 Å². The summed E-state index contributed by atoms with van der Waals surface area (Å²) in [7, 11) is 0. The van der Waals surface area contributed by atoms with Crippen LogP contribution in [-0.2, 0) is 4.79 Å². The molecular formula is C27H32ClN5O3. The molecule has 1 aromatic carbocycles. The first-order valence-electron chi connectivity index (χ1n) is 12.7. The van der Waals surface area contributed by atoms with E-state index in [-0.39, 0.29) is 24.3 Å². The van der Waals surface area contributed by atoms with E-state index in [4.69, 9.17) is 16.6 Å². The Morgan fingerprint density at radius 1 is 1.08 bits per heavy atom. The standard InChI is InChI=1S/C27H32ClN5O3/c28-22-6-2-1-5-21(22)25(35)33-15-13-32(14-16-33)24(23-7-3-4-11-29-23)31-27(17-20(27)18-34)26(36)30-12-10-19-8-9-19/h1-7,11,19-20,34H,8-10,12-18H2,(H,30,36). The van der Waals surface area contributed by atoms with Gasteiger partial charge in [-0.15, -0.1) is 0 Å². The second kappa shape index (κ2) is 10.6. The van der Waals surface area contributed by atoms with Gasteiger partial charge >= 0.3 is 0 Å². The second-order valence-electron chi connectivity index (χ2n) is 9.91. The Bertz CT molecular complexity index is 1130. The summed E-state index contributed by atoms with van der Waals surface area (Å²) in [5, 5.41) is 13.4. The van der Waals surface area contributed by atoms with E-state index >= 15 is 0 Å². The molecule has 1 saturated heterocycles. The molecule has 0 bridgehead atoms. The van der Waals surface area contributed by atoms with Gasteiger partial charge in [0.15, 0.2) is 5.84 Å². The molecule has 190 valence electrons. The van der Waals surface area contributed by atoms with Crippen molar-refractivity contribution in [1.29, 1.82) is 0 Å². The van der Waals surface area contributed by atoms with Crippen LogP contribution in [0.25, 0.3) is 0 Å². The number of aliphatic hydroxyl groups excluding tert-OH is 1. The Morgan fingerprint density at radius 2 is 1.81 bits per heavy atom. The molecule has 2 amide bonds. The number of halogens is 1. The Hall–Kier alpha value is -2.97. The average Bonchev–Trinajstić information content (AvgIpc) is 3.84. The summed E-state index contributed by atoms with van der Waals surface area (Å²) in [6.07, 6.45) is 5.70. The van der Waals surface area contributed by atoms with Crippen LogP contribution in [-0.4, -0.2) is 82.4 Å². The van der Waals surface area contributed by atoms with Crippen LogP contribution in [0.5, 0.6) is 0 Å². The van der Waals surface area contributed by atoms with Crippen molar-refractivity contribution in [2.24, 2.45) is 16.8 Å². The van der Waals surface area contributed by atoms with E-state index in [1.165, 1.54) is 12.8 Å². The predicted molar refractivity (Wildman–Crippen MR) is 138 cm³/mol. The van der Waals surface area contributed by atoms with Gasteiger partial charge in [-0.25, -0.2) is 4.99 Å². The number of hydrogen-bond donors (Lipinski definition) is 2. The maximum atomic E-state index is 13.2. The molecule has 0 radical (unpaired) electrons. The van der Waals surface area contributed by atoms with Crippen LogP contribution < -0.4 is 5.32 Å². The summed E-state index contributed by atoms with van der Waals surface area (Å²) in [5.74, 6) is 0.939. The highest BCUT2D eigenvalue weighted by Gasteiger charge is 2.60. The van der Waals surface area contributed by atoms with Crippen LogP contribution in [0.4, 0.5) is 0 Å². The van der Waals surface area contributed by atoms with Crippen molar-refractivity contribution in [3.63, 3.8) is 0 Å². The van der Waals surface area contributed by atoms with Crippen molar-refractivity contribution < 1.29 is 14.7 Å². The number of carbonyl (C=O) groups excluding carboxylic acids is 2. The monoisotopic (exact) mass is 509 g/mol. The second-order valence-corrected chi connectivity index (χ2v) is 10.3. The van der Waals surface area contributed by atoms with E-state index in [0.717, 1.165) is 12.3 Å². The number of nitrogens with zero attached hydrogens (tertiary/aromatic N) is 4. The van der Waals surface area contributed by atoms with Crippen molar-refractivity contribution in [3.8, 4) is 0 Å². The molecule has 3 fully saturated rings. The number of aliphatic imine (C=N–C) groups is 1. The number of amides is 2. The summed E-state index contributed by atoms with van der Waals surface area (Å²) >= 11 is 6.25. The molecule has 9 heteroatoms. The van der Waals surface area contributed by atoms with Crippen molar-refractivity contribution in [1.82, 2.24) is 20.1 Å². The number of pyridine rings is 1. The Labute approximate surface area is 216 Å². The van der Waals surface area contributed by atoms with Gasteiger partial charge in [0.2, 0.25) is 5.91 Å². The minimum atomic E-state index is -0.977. The van der Waals surface area contributed by atoms with E-state index < -0.39 is 5.54 Å². The van der Waals surface area contributed by atoms with Crippen LogP contribution in [0.1, 0.15) is 41.7 Å². The Morgan fingerprint density at radius 3 is 2.44 bits per heavy atom. The number of amidine groups is 1. The zero-order valence-electron chi connectivity index (χ0n) is 20.3. The molecule has 2 saturated carbocycles. The molecule has 1 aromatic heterocycles. The Kier molecular flexibility index (Phi) is 7.25. The first-order valence-corrected chi connectivity index (χ1v) is 13.1. The fourth-order valence-corrected chi connectivity index (χ4v) is 5.06. The molecule has 2 N–H and O–H groups in total. The smallest absolute Gasteiger partial charge is 0.255 e. The van der Waals surface area contributed by atoms with E-state index in [2.05, 4.69) is 15.2 Å². The molecule has 8 nitrogen and oxygen atoms in total. The van der Waals surface area contributed by atoms with Crippen molar-refractivity contribution in [2.45, 2.75) is 31.2 Å². The van der Waals surface area contributed by atoms with Gasteiger partial charge in [-0.2, -0.15) is 0 Å².